The number of alkyl halides is 3. The molecule has 0 saturated carbocycles. The van der Waals surface area contributed by atoms with E-state index in [0.717, 1.165) is 33.6 Å². The summed E-state index contributed by atoms with van der Waals surface area (Å²) in [7, 11) is 0. The number of benzene rings is 2. The van der Waals surface area contributed by atoms with Gasteiger partial charge in [-0.15, -0.1) is 0 Å². The molecular formula is C23H22F3N3O3. The average Bonchev–Trinajstić information content (AvgIpc) is 2.71. The molecule has 1 N–H and O–H groups in total. The van der Waals surface area contributed by atoms with E-state index in [4.69, 9.17) is 4.74 Å². The summed E-state index contributed by atoms with van der Waals surface area (Å²) >= 11 is 0. The molecule has 0 aliphatic heterocycles. The maximum atomic E-state index is 12.7. The molecule has 1 aromatic heterocycles. The maximum absolute atomic E-state index is 12.7. The van der Waals surface area contributed by atoms with E-state index in [1.807, 2.05) is 32.0 Å². The first-order valence-corrected chi connectivity index (χ1v) is 9.84. The van der Waals surface area contributed by atoms with Gasteiger partial charge in [-0.1, -0.05) is 18.2 Å². The van der Waals surface area contributed by atoms with Crippen molar-refractivity contribution in [2.45, 2.75) is 26.6 Å². The van der Waals surface area contributed by atoms with E-state index in [-0.39, 0.29) is 31.3 Å². The van der Waals surface area contributed by atoms with Crippen molar-refractivity contribution < 1.29 is 22.7 Å². The van der Waals surface area contributed by atoms with Crippen molar-refractivity contribution in [3.05, 3.63) is 81.9 Å². The van der Waals surface area contributed by atoms with Crippen LogP contribution >= 0.6 is 0 Å². The number of ether oxygens (including phenoxy) is 1. The number of hydrogen-bond donors (Lipinski definition) is 1. The first-order valence-electron chi connectivity index (χ1n) is 9.84. The van der Waals surface area contributed by atoms with Crippen molar-refractivity contribution in [1.29, 1.82) is 0 Å². The molecule has 0 atom stereocenters. The van der Waals surface area contributed by atoms with Gasteiger partial charge in [-0.3, -0.25) is 14.2 Å². The average molecular weight is 445 g/mol. The van der Waals surface area contributed by atoms with E-state index in [9.17, 15) is 22.8 Å². The normalized spacial score (nSPS) is 11.3. The van der Waals surface area contributed by atoms with E-state index >= 15 is 0 Å². The van der Waals surface area contributed by atoms with Gasteiger partial charge in [0.25, 0.3) is 5.56 Å². The summed E-state index contributed by atoms with van der Waals surface area (Å²) in [6, 6.07) is 11.4. The van der Waals surface area contributed by atoms with Gasteiger partial charge in [0.05, 0.1) is 24.1 Å². The zero-order chi connectivity index (χ0) is 23.3. The lowest BCUT2D eigenvalue weighted by molar-refractivity contribution is -0.137. The fraction of sp³-hybridized carbons (Fsp3) is 0.261. The van der Waals surface area contributed by atoms with Gasteiger partial charge in [0.15, 0.2) is 0 Å². The number of halogens is 3. The van der Waals surface area contributed by atoms with Gasteiger partial charge in [0.1, 0.15) is 18.9 Å². The third-order valence-corrected chi connectivity index (χ3v) is 4.59. The van der Waals surface area contributed by atoms with Crippen LogP contribution in [-0.4, -0.2) is 28.6 Å². The number of aromatic nitrogens is 2. The molecule has 0 fully saturated rings. The Morgan fingerprint density at radius 3 is 2.31 bits per heavy atom. The Morgan fingerprint density at radius 1 is 1.06 bits per heavy atom. The Bertz CT molecular complexity index is 1140. The SMILES string of the molecule is Cc1cc(C)cc(OCCNC(=O)Cn2cnc(-c3ccc(C(F)(F)F)cc3)cc2=O)c1. The summed E-state index contributed by atoms with van der Waals surface area (Å²) in [6.07, 6.45) is -3.24. The predicted octanol–water partition coefficient (Wildman–Crippen LogP) is 3.74. The lowest BCUT2D eigenvalue weighted by atomic mass is 10.1. The molecule has 0 unspecified atom stereocenters. The highest BCUT2D eigenvalue weighted by molar-refractivity contribution is 5.75. The van der Waals surface area contributed by atoms with Crippen LogP contribution in [0.3, 0.4) is 0 Å². The Morgan fingerprint density at radius 2 is 1.72 bits per heavy atom. The Labute approximate surface area is 182 Å². The van der Waals surface area contributed by atoms with Crippen molar-refractivity contribution in [3.8, 4) is 17.0 Å². The summed E-state index contributed by atoms with van der Waals surface area (Å²) in [6.45, 7) is 4.24. The van der Waals surface area contributed by atoms with Crippen molar-refractivity contribution in [2.75, 3.05) is 13.2 Å². The first kappa shape index (κ1) is 23.1. The molecule has 2 aromatic carbocycles. The van der Waals surface area contributed by atoms with E-state index in [1.54, 1.807) is 0 Å². The number of carbonyl (C=O) groups is 1. The highest BCUT2D eigenvalue weighted by atomic mass is 19.4. The number of hydrogen-bond acceptors (Lipinski definition) is 4. The van der Waals surface area contributed by atoms with E-state index in [1.165, 1.54) is 24.5 Å². The van der Waals surface area contributed by atoms with Crippen LogP contribution in [0, 0.1) is 13.8 Å². The topological polar surface area (TPSA) is 73.2 Å². The number of amides is 1. The lowest BCUT2D eigenvalue weighted by Gasteiger charge is -2.10. The third-order valence-electron chi connectivity index (χ3n) is 4.59. The monoisotopic (exact) mass is 445 g/mol. The molecular weight excluding hydrogens is 423 g/mol. The fourth-order valence-electron chi connectivity index (χ4n) is 3.12. The van der Waals surface area contributed by atoms with Crippen LogP contribution in [-0.2, 0) is 17.5 Å². The van der Waals surface area contributed by atoms with Gasteiger partial charge in [0.2, 0.25) is 5.91 Å². The number of rotatable bonds is 7. The fourth-order valence-corrected chi connectivity index (χ4v) is 3.12. The summed E-state index contributed by atoms with van der Waals surface area (Å²) in [5, 5.41) is 2.67. The van der Waals surface area contributed by atoms with Crippen molar-refractivity contribution in [2.24, 2.45) is 0 Å². The minimum Gasteiger partial charge on any atom is -0.492 e. The number of nitrogens with one attached hydrogen (secondary N) is 1. The third kappa shape index (κ3) is 6.19. The van der Waals surface area contributed by atoms with Crippen molar-refractivity contribution in [3.63, 3.8) is 0 Å². The number of aryl methyl sites for hydroxylation is 2. The van der Waals surface area contributed by atoms with Crippen LogP contribution in [0.1, 0.15) is 16.7 Å². The Kier molecular flexibility index (Phi) is 6.97. The minimum absolute atomic E-state index is 0.224. The molecule has 0 bridgehead atoms. The smallest absolute Gasteiger partial charge is 0.416 e. The molecule has 3 rings (SSSR count). The van der Waals surface area contributed by atoms with E-state index < -0.39 is 17.3 Å². The standard InChI is InChI=1S/C23H22F3N3O3/c1-15-9-16(2)11-19(10-15)32-8-7-27-21(30)13-29-14-28-20(12-22(29)31)17-3-5-18(6-4-17)23(24,25)26/h3-6,9-12,14H,7-8,13H2,1-2H3,(H,27,30). The molecule has 0 saturated heterocycles. The molecule has 1 amide bonds. The maximum Gasteiger partial charge on any atom is 0.416 e. The van der Waals surface area contributed by atoms with Gasteiger partial charge < -0.3 is 10.1 Å². The summed E-state index contributed by atoms with van der Waals surface area (Å²) < 4.78 is 44.8. The van der Waals surface area contributed by atoms with Crippen LogP contribution in [0.2, 0.25) is 0 Å². The van der Waals surface area contributed by atoms with Crippen molar-refractivity contribution in [1.82, 2.24) is 14.9 Å². The summed E-state index contributed by atoms with van der Waals surface area (Å²) in [4.78, 5) is 28.5. The van der Waals surface area contributed by atoms with Crippen LogP contribution in [0.25, 0.3) is 11.3 Å². The molecule has 6 nitrogen and oxygen atoms in total. The molecule has 3 aromatic rings. The van der Waals surface area contributed by atoms with E-state index in [2.05, 4.69) is 10.3 Å². The Hall–Kier alpha value is -3.62. The molecule has 32 heavy (non-hydrogen) atoms. The zero-order valence-corrected chi connectivity index (χ0v) is 17.6. The molecule has 1 heterocycles. The van der Waals surface area contributed by atoms with Crippen LogP contribution < -0.4 is 15.6 Å². The highest BCUT2D eigenvalue weighted by Gasteiger charge is 2.30. The van der Waals surface area contributed by atoms with E-state index in [0.29, 0.717) is 5.56 Å². The minimum atomic E-state index is -4.44. The molecule has 0 radical (unpaired) electrons. The van der Waals surface area contributed by atoms with Gasteiger partial charge in [0, 0.05) is 11.6 Å². The number of nitrogens with zero attached hydrogens (tertiary/aromatic N) is 2. The quantitative estimate of drug-likeness (QED) is 0.563. The second kappa shape index (κ2) is 9.67. The second-order valence-electron chi connectivity index (χ2n) is 7.34. The summed E-state index contributed by atoms with van der Waals surface area (Å²) in [5.74, 6) is 0.330. The molecule has 0 aliphatic carbocycles. The number of carbonyl (C=O) groups excluding carboxylic acids is 1. The van der Waals surface area contributed by atoms with Crippen LogP contribution in [0.15, 0.2) is 59.7 Å². The largest absolute Gasteiger partial charge is 0.492 e. The molecule has 0 aliphatic rings. The zero-order valence-electron chi connectivity index (χ0n) is 17.6. The predicted molar refractivity (Wildman–Crippen MR) is 113 cm³/mol. The van der Waals surface area contributed by atoms with Gasteiger partial charge in [-0.05, 0) is 49.2 Å². The molecule has 9 heteroatoms. The van der Waals surface area contributed by atoms with Crippen molar-refractivity contribution >= 4 is 5.91 Å². The van der Waals surface area contributed by atoms with Gasteiger partial charge in [-0.25, -0.2) is 4.98 Å². The molecule has 0 spiro atoms. The first-order chi connectivity index (χ1) is 15.1. The van der Waals surface area contributed by atoms with Gasteiger partial charge >= 0.3 is 6.18 Å². The van der Waals surface area contributed by atoms with Crippen LogP contribution in [0.4, 0.5) is 13.2 Å². The highest BCUT2D eigenvalue weighted by Crippen LogP contribution is 2.30. The summed E-state index contributed by atoms with van der Waals surface area (Å²) in [5.41, 5.74) is 1.48. The molecule has 168 valence electrons. The lowest BCUT2D eigenvalue weighted by Crippen LogP contribution is -2.34. The van der Waals surface area contributed by atoms with Crippen LogP contribution in [0.5, 0.6) is 5.75 Å². The Balaban J connectivity index is 1.53. The van der Waals surface area contributed by atoms with Gasteiger partial charge in [-0.2, -0.15) is 13.2 Å². The second-order valence-corrected chi connectivity index (χ2v) is 7.34.